The van der Waals surface area contributed by atoms with Crippen LogP contribution in [0.2, 0.25) is 0 Å². The van der Waals surface area contributed by atoms with E-state index in [1.165, 1.54) is 11.3 Å². The minimum absolute atomic E-state index is 0.0544. The number of carbonyl (C=O) groups excluding carboxylic acids is 1. The van der Waals surface area contributed by atoms with Gasteiger partial charge in [0.25, 0.3) is 0 Å². The van der Waals surface area contributed by atoms with Crippen molar-refractivity contribution in [2.24, 2.45) is 13.0 Å². The molecule has 4 rings (SSSR count). The number of ether oxygens (including phenoxy) is 1. The molecule has 28 heavy (non-hydrogen) atoms. The molecule has 2 aromatic rings. The Balaban J connectivity index is 1.50. The summed E-state index contributed by atoms with van der Waals surface area (Å²) in [6.07, 6.45) is 2.92. The van der Waals surface area contributed by atoms with Gasteiger partial charge in [-0.15, -0.1) is 0 Å². The summed E-state index contributed by atoms with van der Waals surface area (Å²) < 4.78 is 7.36. The molecule has 1 N–H and O–H groups in total. The second-order valence-corrected chi connectivity index (χ2v) is 7.94. The highest BCUT2D eigenvalue weighted by molar-refractivity contribution is 5.79. The molecule has 1 aromatic heterocycles. The van der Waals surface area contributed by atoms with E-state index in [0.29, 0.717) is 19.4 Å². The van der Waals surface area contributed by atoms with Gasteiger partial charge in [-0.25, -0.2) is 0 Å². The predicted octanol–water partition coefficient (Wildman–Crippen LogP) is 2.19. The Morgan fingerprint density at radius 3 is 2.68 bits per heavy atom. The van der Waals surface area contributed by atoms with Crippen LogP contribution < -0.4 is 0 Å². The number of aryl methyl sites for hydroxylation is 1. The number of amides is 1. The normalized spacial score (nSPS) is 25.2. The van der Waals surface area contributed by atoms with Gasteiger partial charge in [0.1, 0.15) is 0 Å². The predicted molar refractivity (Wildman–Crippen MR) is 107 cm³/mol. The van der Waals surface area contributed by atoms with Crippen LogP contribution in [-0.4, -0.2) is 58.1 Å². The van der Waals surface area contributed by atoms with Gasteiger partial charge < -0.3 is 14.7 Å². The van der Waals surface area contributed by atoms with Crippen molar-refractivity contribution in [2.45, 2.75) is 44.3 Å². The van der Waals surface area contributed by atoms with Gasteiger partial charge in [0.2, 0.25) is 5.91 Å². The number of benzene rings is 1. The van der Waals surface area contributed by atoms with Gasteiger partial charge in [-0.2, -0.15) is 5.10 Å². The van der Waals surface area contributed by atoms with E-state index in [9.17, 15) is 9.90 Å². The van der Waals surface area contributed by atoms with Crippen LogP contribution >= 0.6 is 0 Å². The Kier molecular flexibility index (Phi) is 5.51. The summed E-state index contributed by atoms with van der Waals surface area (Å²) in [5.74, 6) is 0.150. The van der Waals surface area contributed by atoms with Crippen molar-refractivity contribution in [3.8, 4) is 11.3 Å². The number of rotatable bonds is 3. The lowest BCUT2D eigenvalue weighted by atomic mass is 9.84. The topological polar surface area (TPSA) is 67.6 Å². The summed E-state index contributed by atoms with van der Waals surface area (Å²) in [5, 5.41) is 14.8. The van der Waals surface area contributed by atoms with E-state index in [2.05, 4.69) is 12.1 Å². The van der Waals surface area contributed by atoms with E-state index in [1.807, 2.05) is 34.8 Å². The van der Waals surface area contributed by atoms with Gasteiger partial charge in [0.05, 0.1) is 17.9 Å². The van der Waals surface area contributed by atoms with Crippen molar-refractivity contribution < 1.29 is 14.6 Å². The maximum atomic E-state index is 13.2. The van der Waals surface area contributed by atoms with E-state index in [4.69, 9.17) is 9.84 Å². The summed E-state index contributed by atoms with van der Waals surface area (Å²) in [6.45, 7) is 1.43. The molecule has 1 fully saturated rings. The number of nitrogens with zero attached hydrogens (tertiary/aromatic N) is 3. The first-order chi connectivity index (χ1) is 13.6. The SMILES string of the molecule is CO[C@H]1C[C@@H](C(=O)N2CCc3c(-c4ccccc4)nn(C)c3CC2)CC[C@H]1O. The smallest absolute Gasteiger partial charge is 0.225 e. The molecule has 6 heteroatoms. The van der Waals surface area contributed by atoms with Gasteiger partial charge in [-0.1, -0.05) is 30.3 Å². The fourth-order valence-electron chi connectivity index (χ4n) is 4.67. The largest absolute Gasteiger partial charge is 0.390 e. The lowest BCUT2D eigenvalue weighted by Crippen LogP contribution is -2.44. The first-order valence-electron chi connectivity index (χ1n) is 10.2. The lowest BCUT2D eigenvalue weighted by Gasteiger charge is -2.34. The summed E-state index contributed by atoms with van der Waals surface area (Å²) in [5.41, 5.74) is 4.65. The third kappa shape index (κ3) is 3.59. The van der Waals surface area contributed by atoms with E-state index in [1.54, 1.807) is 7.11 Å². The quantitative estimate of drug-likeness (QED) is 0.882. The van der Waals surface area contributed by atoms with Gasteiger partial charge in [0, 0.05) is 56.4 Å². The number of carbonyl (C=O) groups is 1. The number of aliphatic hydroxyl groups is 1. The van der Waals surface area contributed by atoms with Crippen LogP contribution in [0.15, 0.2) is 30.3 Å². The molecule has 3 atom stereocenters. The molecule has 1 amide bonds. The Bertz CT molecular complexity index is 833. The van der Waals surface area contributed by atoms with Crippen LogP contribution in [-0.2, 0) is 29.4 Å². The maximum absolute atomic E-state index is 13.2. The number of hydrogen-bond donors (Lipinski definition) is 1. The second-order valence-electron chi connectivity index (χ2n) is 7.94. The zero-order valence-corrected chi connectivity index (χ0v) is 16.7. The zero-order valence-electron chi connectivity index (χ0n) is 16.7. The molecule has 0 radical (unpaired) electrons. The van der Waals surface area contributed by atoms with Crippen molar-refractivity contribution in [2.75, 3.05) is 20.2 Å². The van der Waals surface area contributed by atoms with Crippen LogP contribution in [0.4, 0.5) is 0 Å². The summed E-state index contributed by atoms with van der Waals surface area (Å²) in [7, 11) is 3.61. The molecule has 1 aliphatic carbocycles. The Morgan fingerprint density at radius 1 is 1.18 bits per heavy atom. The molecule has 2 heterocycles. The van der Waals surface area contributed by atoms with E-state index < -0.39 is 6.10 Å². The number of methoxy groups -OCH3 is 1. The Labute approximate surface area is 166 Å². The average molecular weight is 383 g/mol. The molecule has 0 saturated heterocycles. The van der Waals surface area contributed by atoms with Gasteiger partial charge in [-0.05, 0) is 25.7 Å². The highest BCUT2D eigenvalue weighted by atomic mass is 16.5. The van der Waals surface area contributed by atoms with E-state index in [0.717, 1.165) is 37.1 Å². The monoisotopic (exact) mass is 383 g/mol. The number of fused-ring (bicyclic) bond motifs is 1. The highest BCUT2D eigenvalue weighted by Gasteiger charge is 2.35. The third-order valence-electron chi connectivity index (χ3n) is 6.29. The van der Waals surface area contributed by atoms with Crippen molar-refractivity contribution in [1.29, 1.82) is 0 Å². The third-order valence-corrected chi connectivity index (χ3v) is 6.29. The number of aliphatic hydroxyl groups excluding tert-OH is 1. The van der Waals surface area contributed by atoms with Crippen LogP contribution in [0.25, 0.3) is 11.3 Å². The maximum Gasteiger partial charge on any atom is 0.225 e. The molecule has 1 aromatic carbocycles. The molecule has 0 bridgehead atoms. The standard InChI is InChI=1S/C22H29N3O3/c1-24-18-11-13-25(22(27)16-8-9-19(26)20(14-16)28-2)12-10-17(18)21(23-24)15-6-4-3-5-7-15/h3-7,16,19-20,26H,8-14H2,1-2H3/t16-,19+,20-/m0/s1. The summed E-state index contributed by atoms with van der Waals surface area (Å²) in [6, 6.07) is 10.3. The fourth-order valence-corrected chi connectivity index (χ4v) is 4.67. The van der Waals surface area contributed by atoms with Crippen LogP contribution in [0.3, 0.4) is 0 Å². The first-order valence-corrected chi connectivity index (χ1v) is 10.2. The summed E-state index contributed by atoms with van der Waals surface area (Å²) >= 11 is 0. The van der Waals surface area contributed by atoms with Gasteiger partial charge >= 0.3 is 0 Å². The molecule has 1 aliphatic heterocycles. The highest BCUT2D eigenvalue weighted by Crippen LogP contribution is 2.31. The van der Waals surface area contributed by atoms with Gasteiger partial charge in [0.15, 0.2) is 0 Å². The van der Waals surface area contributed by atoms with Crippen LogP contribution in [0.1, 0.15) is 30.5 Å². The molecule has 150 valence electrons. The second kappa shape index (κ2) is 8.05. The Hall–Kier alpha value is -2.18. The minimum Gasteiger partial charge on any atom is -0.390 e. The fraction of sp³-hybridized carbons (Fsp3) is 0.545. The molecule has 0 spiro atoms. The van der Waals surface area contributed by atoms with Crippen molar-refractivity contribution in [3.63, 3.8) is 0 Å². The number of hydrogen-bond acceptors (Lipinski definition) is 4. The van der Waals surface area contributed by atoms with E-state index >= 15 is 0 Å². The Morgan fingerprint density at radius 2 is 1.93 bits per heavy atom. The van der Waals surface area contributed by atoms with E-state index in [-0.39, 0.29) is 17.9 Å². The minimum atomic E-state index is -0.457. The molecule has 2 aliphatic rings. The van der Waals surface area contributed by atoms with Crippen molar-refractivity contribution in [3.05, 3.63) is 41.6 Å². The molecule has 6 nitrogen and oxygen atoms in total. The summed E-state index contributed by atoms with van der Waals surface area (Å²) in [4.78, 5) is 15.2. The molecular formula is C22H29N3O3. The number of aromatic nitrogens is 2. The lowest BCUT2D eigenvalue weighted by molar-refractivity contribution is -0.140. The molecule has 1 saturated carbocycles. The molecule has 0 unspecified atom stereocenters. The average Bonchev–Trinajstić information content (AvgIpc) is 2.90. The van der Waals surface area contributed by atoms with Crippen LogP contribution in [0.5, 0.6) is 0 Å². The van der Waals surface area contributed by atoms with Crippen molar-refractivity contribution >= 4 is 5.91 Å². The molecular weight excluding hydrogens is 354 g/mol. The zero-order chi connectivity index (χ0) is 19.7. The van der Waals surface area contributed by atoms with Gasteiger partial charge in [-0.3, -0.25) is 9.48 Å². The van der Waals surface area contributed by atoms with Crippen molar-refractivity contribution in [1.82, 2.24) is 14.7 Å². The van der Waals surface area contributed by atoms with Crippen LogP contribution in [0, 0.1) is 5.92 Å². The first kappa shape index (κ1) is 19.2.